The van der Waals surface area contributed by atoms with Crippen LogP contribution in [0.2, 0.25) is 10.0 Å². The number of anilines is 1. The number of carbonyl (C=O) groups is 2. The van der Waals surface area contributed by atoms with Crippen molar-refractivity contribution in [3.05, 3.63) is 49.1 Å². The summed E-state index contributed by atoms with van der Waals surface area (Å²) >= 11 is 15.2. The molecule has 4 nitrogen and oxygen atoms in total. The molecule has 1 aliphatic carbocycles. The van der Waals surface area contributed by atoms with Gasteiger partial charge in [-0.3, -0.25) is 9.59 Å². The van der Waals surface area contributed by atoms with Gasteiger partial charge in [0, 0.05) is 20.0 Å². The van der Waals surface area contributed by atoms with Crippen molar-refractivity contribution in [3.8, 4) is 0 Å². The zero-order valence-corrected chi connectivity index (χ0v) is 17.5. The number of primary amides is 1. The summed E-state index contributed by atoms with van der Waals surface area (Å²) in [5.41, 5.74) is 7.04. The zero-order valence-electron chi connectivity index (χ0n) is 14.4. The van der Waals surface area contributed by atoms with E-state index in [0.29, 0.717) is 31.4 Å². The lowest BCUT2D eigenvalue weighted by Gasteiger charge is -2.18. The van der Waals surface area contributed by atoms with Crippen molar-refractivity contribution < 1.29 is 9.59 Å². The Morgan fingerprint density at radius 1 is 1.26 bits per heavy atom. The predicted molar refractivity (Wildman–Crippen MR) is 114 cm³/mol. The molecular formula is C19H16Cl2N2O2S2. The number of nitrogens with one attached hydrogen (secondary N) is 1. The predicted octanol–water partition coefficient (Wildman–Crippen LogP) is 5.75. The Kier molecular flexibility index (Phi) is 4.93. The number of carbonyl (C=O) groups excluding carboxylic acids is 2. The Hall–Kier alpha value is -1.60. The molecule has 0 radical (unpaired) electrons. The molecule has 8 heteroatoms. The lowest BCUT2D eigenvalue weighted by molar-refractivity contribution is 0.1000. The molecule has 0 fully saturated rings. The monoisotopic (exact) mass is 438 g/mol. The summed E-state index contributed by atoms with van der Waals surface area (Å²) in [7, 11) is 0. The fraction of sp³-hybridized carbons (Fsp3) is 0.263. The zero-order chi connectivity index (χ0) is 19.3. The lowest BCUT2D eigenvalue weighted by Crippen LogP contribution is -2.19. The highest BCUT2D eigenvalue weighted by molar-refractivity contribution is 7.22. The highest BCUT2D eigenvalue weighted by atomic mass is 35.5. The summed E-state index contributed by atoms with van der Waals surface area (Å²) in [4.78, 5) is 26.4. The van der Waals surface area contributed by atoms with Crippen molar-refractivity contribution in [2.24, 2.45) is 11.7 Å². The first-order chi connectivity index (χ1) is 12.8. The molecule has 140 valence electrons. The standard InChI is InChI=1S/C19H16Cl2N2O2S2/c1-8-2-4-10-12(6-8)27-19(14(10)17(22)24)23-18(25)16-15(21)11-5-3-9(20)7-13(11)26-16/h3,5,7-8H,2,4,6H2,1H3,(H2,22,24)(H,23,25)/t8-/m0/s1. The average Bonchev–Trinajstić information content (AvgIpc) is 3.11. The Bertz CT molecular complexity index is 1090. The second-order valence-electron chi connectivity index (χ2n) is 6.76. The number of hydrogen-bond donors (Lipinski definition) is 2. The maximum atomic E-state index is 12.9. The van der Waals surface area contributed by atoms with Crippen molar-refractivity contribution in [3.63, 3.8) is 0 Å². The third kappa shape index (κ3) is 3.36. The van der Waals surface area contributed by atoms with Gasteiger partial charge in [-0.1, -0.05) is 36.2 Å². The van der Waals surface area contributed by atoms with Gasteiger partial charge in [-0.15, -0.1) is 22.7 Å². The highest BCUT2D eigenvalue weighted by Crippen LogP contribution is 2.41. The SMILES string of the molecule is C[C@H]1CCc2c(sc(NC(=O)c3sc4cc(Cl)ccc4c3Cl)c2C(N)=O)C1. The normalized spacial score (nSPS) is 16.3. The molecule has 1 atom stereocenters. The van der Waals surface area contributed by atoms with Crippen molar-refractivity contribution in [2.75, 3.05) is 5.32 Å². The highest BCUT2D eigenvalue weighted by Gasteiger charge is 2.28. The molecule has 1 aromatic carbocycles. The first-order valence-corrected chi connectivity index (χ1v) is 10.9. The van der Waals surface area contributed by atoms with Gasteiger partial charge in [0.05, 0.1) is 10.6 Å². The van der Waals surface area contributed by atoms with E-state index >= 15 is 0 Å². The van der Waals surface area contributed by atoms with Crippen LogP contribution in [0, 0.1) is 5.92 Å². The largest absolute Gasteiger partial charge is 0.365 e. The quantitative estimate of drug-likeness (QED) is 0.546. The fourth-order valence-electron chi connectivity index (χ4n) is 3.44. The third-order valence-electron chi connectivity index (χ3n) is 4.78. The number of amides is 2. The van der Waals surface area contributed by atoms with Gasteiger partial charge in [0.15, 0.2) is 0 Å². The number of hydrogen-bond acceptors (Lipinski definition) is 4. The average molecular weight is 439 g/mol. The van der Waals surface area contributed by atoms with E-state index in [0.717, 1.165) is 39.8 Å². The smallest absolute Gasteiger partial charge is 0.267 e. The van der Waals surface area contributed by atoms with E-state index in [-0.39, 0.29) is 5.91 Å². The van der Waals surface area contributed by atoms with Crippen molar-refractivity contribution in [1.29, 1.82) is 0 Å². The molecule has 0 saturated carbocycles. The molecule has 0 bridgehead atoms. The summed E-state index contributed by atoms with van der Waals surface area (Å²) in [6.45, 7) is 2.19. The molecule has 2 heterocycles. The van der Waals surface area contributed by atoms with E-state index in [2.05, 4.69) is 12.2 Å². The van der Waals surface area contributed by atoms with Gasteiger partial charge >= 0.3 is 0 Å². The van der Waals surface area contributed by atoms with Crippen LogP contribution >= 0.6 is 45.9 Å². The van der Waals surface area contributed by atoms with Crippen LogP contribution in [0.25, 0.3) is 10.1 Å². The van der Waals surface area contributed by atoms with Gasteiger partial charge in [-0.2, -0.15) is 0 Å². The van der Waals surface area contributed by atoms with E-state index in [1.807, 2.05) is 0 Å². The van der Waals surface area contributed by atoms with E-state index in [1.165, 1.54) is 22.7 Å². The maximum Gasteiger partial charge on any atom is 0.267 e. The molecule has 0 saturated heterocycles. The minimum atomic E-state index is -0.508. The van der Waals surface area contributed by atoms with Crippen LogP contribution in [0.15, 0.2) is 18.2 Å². The Labute approximate surface area is 174 Å². The first kappa shape index (κ1) is 18.7. The molecule has 2 aromatic heterocycles. The number of nitrogens with two attached hydrogens (primary N) is 1. The van der Waals surface area contributed by atoms with E-state index < -0.39 is 5.91 Å². The topological polar surface area (TPSA) is 72.2 Å². The summed E-state index contributed by atoms with van der Waals surface area (Å²) in [5.74, 6) is -0.291. The molecule has 1 aliphatic rings. The van der Waals surface area contributed by atoms with Gasteiger partial charge in [0.1, 0.15) is 9.88 Å². The Balaban J connectivity index is 1.71. The van der Waals surface area contributed by atoms with E-state index in [9.17, 15) is 9.59 Å². The van der Waals surface area contributed by atoms with Crippen molar-refractivity contribution >= 4 is 72.8 Å². The summed E-state index contributed by atoms with van der Waals surface area (Å²) in [5, 5.41) is 5.14. The summed E-state index contributed by atoms with van der Waals surface area (Å²) < 4.78 is 0.840. The summed E-state index contributed by atoms with van der Waals surface area (Å²) in [6.07, 6.45) is 2.72. The van der Waals surface area contributed by atoms with Gasteiger partial charge in [0.25, 0.3) is 11.8 Å². The Morgan fingerprint density at radius 2 is 2.04 bits per heavy atom. The van der Waals surface area contributed by atoms with Gasteiger partial charge in [0.2, 0.25) is 0 Å². The van der Waals surface area contributed by atoms with E-state index in [4.69, 9.17) is 28.9 Å². The van der Waals surface area contributed by atoms with Crippen molar-refractivity contribution in [1.82, 2.24) is 0 Å². The van der Waals surface area contributed by atoms with Crippen molar-refractivity contribution in [2.45, 2.75) is 26.2 Å². The lowest BCUT2D eigenvalue weighted by atomic mass is 9.88. The van der Waals surface area contributed by atoms with Crippen LogP contribution in [0.1, 0.15) is 43.8 Å². The number of halogens is 2. The number of fused-ring (bicyclic) bond motifs is 2. The van der Waals surface area contributed by atoms with Gasteiger partial charge in [-0.05, 0) is 42.9 Å². The molecule has 0 unspecified atom stereocenters. The molecule has 27 heavy (non-hydrogen) atoms. The number of benzene rings is 1. The Morgan fingerprint density at radius 3 is 2.78 bits per heavy atom. The molecule has 2 amide bonds. The minimum absolute atomic E-state index is 0.341. The number of thiophene rings is 2. The van der Waals surface area contributed by atoms with Crippen LogP contribution in [-0.4, -0.2) is 11.8 Å². The van der Waals surface area contributed by atoms with Crippen LogP contribution < -0.4 is 11.1 Å². The first-order valence-electron chi connectivity index (χ1n) is 8.48. The maximum absolute atomic E-state index is 12.9. The summed E-state index contributed by atoms with van der Waals surface area (Å²) in [6, 6.07) is 5.32. The second-order valence-corrected chi connectivity index (χ2v) is 9.73. The van der Waals surface area contributed by atoms with Crippen LogP contribution in [0.4, 0.5) is 5.00 Å². The second kappa shape index (κ2) is 7.09. The van der Waals surface area contributed by atoms with Crippen LogP contribution in [0.5, 0.6) is 0 Å². The van der Waals surface area contributed by atoms with Crippen LogP contribution in [0.3, 0.4) is 0 Å². The van der Waals surface area contributed by atoms with E-state index in [1.54, 1.807) is 18.2 Å². The molecular weight excluding hydrogens is 423 g/mol. The third-order valence-corrected chi connectivity index (χ3v) is 7.84. The fourth-order valence-corrected chi connectivity index (χ4v) is 6.54. The molecule has 3 N–H and O–H groups in total. The molecule has 0 spiro atoms. The minimum Gasteiger partial charge on any atom is -0.365 e. The molecule has 0 aliphatic heterocycles. The number of rotatable bonds is 3. The van der Waals surface area contributed by atoms with Gasteiger partial charge < -0.3 is 11.1 Å². The van der Waals surface area contributed by atoms with Gasteiger partial charge in [-0.25, -0.2) is 0 Å². The van der Waals surface area contributed by atoms with Crippen LogP contribution in [-0.2, 0) is 12.8 Å². The molecule has 3 aromatic rings. The molecule has 4 rings (SSSR count).